The van der Waals surface area contributed by atoms with Crippen LogP contribution in [0.1, 0.15) is 33.2 Å². The maximum absolute atomic E-state index is 13.2. The van der Waals surface area contributed by atoms with Gasteiger partial charge in [0, 0.05) is 5.56 Å². The van der Waals surface area contributed by atoms with Gasteiger partial charge < -0.3 is 0 Å². The monoisotopic (exact) mass is 180 g/mol. The molecule has 0 fully saturated rings. The molecule has 0 atom stereocenters. The van der Waals surface area contributed by atoms with Gasteiger partial charge in [-0.15, -0.1) is 0 Å². The molecule has 0 unspecified atom stereocenters. The average molecular weight is 180 g/mol. The van der Waals surface area contributed by atoms with E-state index in [4.69, 9.17) is 0 Å². The summed E-state index contributed by atoms with van der Waals surface area (Å²) in [5.41, 5.74) is 0.621. The van der Waals surface area contributed by atoms with Crippen LogP contribution in [0.4, 0.5) is 4.39 Å². The minimum Gasteiger partial charge on any atom is -0.298 e. The third kappa shape index (κ3) is 1.80. The molecule has 68 valence electrons. The molecule has 0 saturated heterocycles. The summed E-state index contributed by atoms with van der Waals surface area (Å²) in [6, 6.07) is 2.73. The Labute approximate surface area is 75.4 Å². The summed E-state index contributed by atoms with van der Waals surface area (Å²) in [5.74, 6) is -1.06. The van der Waals surface area contributed by atoms with Crippen molar-refractivity contribution in [2.75, 3.05) is 0 Å². The Bertz CT molecular complexity index is 369. The molecule has 0 N–H and O–H groups in total. The molecule has 2 nitrogen and oxygen atoms in total. The molecule has 1 rings (SSSR count). The molecule has 0 amide bonds. The molecule has 0 heterocycles. The Balaban J connectivity index is 3.47. The lowest BCUT2D eigenvalue weighted by atomic mass is 10.0. The summed E-state index contributed by atoms with van der Waals surface area (Å²) >= 11 is 0. The minimum atomic E-state index is -0.630. The van der Waals surface area contributed by atoms with Gasteiger partial charge >= 0.3 is 0 Å². The molecule has 0 aromatic heterocycles. The third-order valence-electron chi connectivity index (χ3n) is 1.74. The summed E-state index contributed by atoms with van der Waals surface area (Å²) in [7, 11) is 0. The van der Waals surface area contributed by atoms with Crippen molar-refractivity contribution in [2.24, 2.45) is 0 Å². The maximum Gasteiger partial charge on any atom is 0.163 e. The van der Waals surface area contributed by atoms with Crippen molar-refractivity contribution in [2.45, 2.75) is 13.8 Å². The number of aryl methyl sites for hydroxylation is 1. The van der Waals surface area contributed by atoms with Crippen LogP contribution in [0.3, 0.4) is 0 Å². The predicted molar refractivity (Wildman–Crippen MR) is 46.5 cm³/mol. The Morgan fingerprint density at radius 3 is 2.54 bits per heavy atom. The quantitative estimate of drug-likeness (QED) is 0.516. The van der Waals surface area contributed by atoms with Crippen molar-refractivity contribution in [1.29, 1.82) is 0 Å². The summed E-state index contributed by atoms with van der Waals surface area (Å²) in [4.78, 5) is 21.5. The second kappa shape index (κ2) is 3.47. The summed E-state index contributed by atoms with van der Waals surface area (Å²) < 4.78 is 13.2. The third-order valence-corrected chi connectivity index (χ3v) is 1.74. The number of hydrogen-bond donors (Lipinski definition) is 0. The maximum atomic E-state index is 13.2. The number of carbonyl (C=O) groups excluding carboxylic acids is 2. The van der Waals surface area contributed by atoms with Crippen molar-refractivity contribution in [1.82, 2.24) is 0 Å². The molecule has 13 heavy (non-hydrogen) atoms. The Hall–Kier alpha value is -1.51. The molecule has 0 aliphatic heterocycles. The van der Waals surface area contributed by atoms with E-state index in [0.29, 0.717) is 11.8 Å². The fourth-order valence-electron chi connectivity index (χ4n) is 1.23. The van der Waals surface area contributed by atoms with Crippen LogP contribution in [0.2, 0.25) is 0 Å². The van der Waals surface area contributed by atoms with Gasteiger partial charge in [0.1, 0.15) is 5.82 Å². The van der Waals surface area contributed by atoms with E-state index in [2.05, 4.69) is 0 Å². The molecular formula is C10H9FO2. The molecular weight excluding hydrogens is 171 g/mol. The number of halogens is 1. The summed E-state index contributed by atoms with van der Waals surface area (Å²) in [6.07, 6.45) is 0.493. The zero-order valence-corrected chi connectivity index (χ0v) is 7.43. The number of carbonyl (C=O) groups is 2. The topological polar surface area (TPSA) is 34.1 Å². The van der Waals surface area contributed by atoms with Gasteiger partial charge in [-0.1, -0.05) is 0 Å². The van der Waals surface area contributed by atoms with E-state index in [1.165, 1.54) is 19.1 Å². The lowest BCUT2D eigenvalue weighted by Gasteiger charge is -2.03. The molecule has 1 aromatic carbocycles. The predicted octanol–water partition coefficient (Wildman–Crippen LogP) is 2.15. The van der Waals surface area contributed by atoms with E-state index in [9.17, 15) is 14.0 Å². The molecule has 3 heteroatoms. The molecule has 0 aliphatic carbocycles. The van der Waals surface area contributed by atoms with Crippen molar-refractivity contribution in [3.05, 3.63) is 34.6 Å². The van der Waals surface area contributed by atoms with E-state index in [0.717, 1.165) is 0 Å². The van der Waals surface area contributed by atoms with Gasteiger partial charge in [0.15, 0.2) is 12.1 Å². The first-order chi connectivity index (χ1) is 6.06. The van der Waals surface area contributed by atoms with Crippen molar-refractivity contribution >= 4 is 12.1 Å². The fraction of sp³-hybridized carbons (Fsp3) is 0.200. The van der Waals surface area contributed by atoms with Gasteiger partial charge in [0.2, 0.25) is 0 Å². The largest absolute Gasteiger partial charge is 0.298 e. The van der Waals surface area contributed by atoms with E-state index < -0.39 is 11.6 Å². The number of rotatable bonds is 2. The highest BCUT2D eigenvalue weighted by molar-refractivity contribution is 6.01. The first kappa shape index (κ1) is 9.58. The van der Waals surface area contributed by atoms with Crippen LogP contribution >= 0.6 is 0 Å². The lowest BCUT2D eigenvalue weighted by molar-refractivity contribution is 0.100. The SMILES string of the molecule is CC(=O)c1c(F)cc(C)cc1C=O. The zero-order valence-electron chi connectivity index (χ0n) is 7.43. The van der Waals surface area contributed by atoms with E-state index in [-0.39, 0.29) is 11.1 Å². The molecule has 0 radical (unpaired) electrons. The standard InChI is InChI=1S/C10H9FO2/c1-6-3-8(5-12)10(7(2)13)9(11)4-6/h3-5H,1-2H3. The summed E-state index contributed by atoms with van der Waals surface area (Å²) in [6.45, 7) is 2.90. The van der Waals surface area contributed by atoms with Gasteiger partial charge in [-0.2, -0.15) is 0 Å². The van der Waals surface area contributed by atoms with E-state index in [1.54, 1.807) is 6.92 Å². The van der Waals surface area contributed by atoms with Crippen LogP contribution in [0, 0.1) is 12.7 Å². The van der Waals surface area contributed by atoms with Crippen LogP contribution in [-0.4, -0.2) is 12.1 Å². The minimum absolute atomic E-state index is 0.116. The number of ketones is 1. The molecule has 0 saturated carbocycles. The smallest absolute Gasteiger partial charge is 0.163 e. The van der Waals surface area contributed by atoms with E-state index >= 15 is 0 Å². The number of hydrogen-bond acceptors (Lipinski definition) is 2. The fourth-order valence-corrected chi connectivity index (χ4v) is 1.23. The normalized spacial score (nSPS) is 9.77. The molecule has 0 aliphatic rings. The highest BCUT2D eigenvalue weighted by atomic mass is 19.1. The molecule has 0 spiro atoms. The van der Waals surface area contributed by atoms with Crippen molar-refractivity contribution in [3.8, 4) is 0 Å². The molecule has 0 bridgehead atoms. The summed E-state index contributed by atoms with van der Waals surface area (Å²) in [5, 5.41) is 0. The Morgan fingerprint density at radius 2 is 2.08 bits per heavy atom. The number of benzene rings is 1. The highest BCUT2D eigenvalue weighted by Crippen LogP contribution is 2.15. The van der Waals surface area contributed by atoms with Crippen LogP contribution in [0.25, 0.3) is 0 Å². The van der Waals surface area contributed by atoms with Crippen LogP contribution in [-0.2, 0) is 0 Å². The van der Waals surface area contributed by atoms with Crippen LogP contribution in [0.15, 0.2) is 12.1 Å². The lowest BCUT2D eigenvalue weighted by Crippen LogP contribution is -2.03. The van der Waals surface area contributed by atoms with E-state index in [1.807, 2.05) is 0 Å². The highest BCUT2D eigenvalue weighted by Gasteiger charge is 2.12. The van der Waals surface area contributed by atoms with Crippen LogP contribution < -0.4 is 0 Å². The van der Waals surface area contributed by atoms with Crippen LogP contribution in [0.5, 0.6) is 0 Å². The van der Waals surface area contributed by atoms with Gasteiger partial charge in [-0.3, -0.25) is 9.59 Å². The van der Waals surface area contributed by atoms with Gasteiger partial charge in [0.05, 0.1) is 5.56 Å². The van der Waals surface area contributed by atoms with Gasteiger partial charge in [0.25, 0.3) is 0 Å². The van der Waals surface area contributed by atoms with Crippen molar-refractivity contribution < 1.29 is 14.0 Å². The number of aldehydes is 1. The molecule has 1 aromatic rings. The number of Topliss-reactive ketones (excluding diaryl/α,β-unsaturated/α-hetero) is 1. The second-order valence-electron chi connectivity index (χ2n) is 2.89. The van der Waals surface area contributed by atoms with Gasteiger partial charge in [-0.05, 0) is 31.5 Å². The zero-order chi connectivity index (χ0) is 10.0. The van der Waals surface area contributed by atoms with Gasteiger partial charge in [-0.25, -0.2) is 4.39 Å². The van der Waals surface area contributed by atoms with Crippen molar-refractivity contribution in [3.63, 3.8) is 0 Å². The second-order valence-corrected chi connectivity index (χ2v) is 2.89. The Kier molecular flexibility index (Phi) is 2.56. The first-order valence-corrected chi connectivity index (χ1v) is 3.82. The average Bonchev–Trinajstić information content (AvgIpc) is 2.01. The first-order valence-electron chi connectivity index (χ1n) is 3.82. The Morgan fingerprint density at radius 1 is 1.46 bits per heavy atom.